The second-order valence-electron chi connectivity index (χ2n) is 3.88. The molecule has 2 heteroatoms. The lowest BCUT2D eigenvalue weighted by Gasteiger charge is -2.22. The fourth-order valence-corrected chi connectivity index (χ4v) is 2.43. The maximum atomic E-state index is 2.37. The number of hydrogen-bond acceptors (Lipinski definition) is 0. The highest BCUT2D eigenvalue weighted by atomic mass is 127. The normalized spacial score (nSPS) is 12.1. The van der Waals surface area contributed by atoms with Crippen molar-refractivity contribution in [3.8, 4) is 0 Å². The van der Waals surface area contributed by atoms with Crippen LogP contribution >= 0.6 is 22.6 Å². The fourth-order valence-electron chi connectivity index (χ4n) is 1.07. The minimum Gasteiger partial charge on any atom is -0.338 e. The molecular formula is C9H14IN. The molecule has 0 aliphatic rings. The Hall–Kier alpha value is 0.01000. The second kappa shape index (κ2) is 2.81. The van der Waals surface area contributed by atoms with Crippen LogP contribution in [-0.2, 0) is 5.54 Å². The molecule has 0 N–H and O–H groups in total. The van der Waals surface area contributed by atoms with Crippen molar-refractivity contribution >= 4 is 22.6 Å². The molecule has 0 aliphatic carbocycles. The van der Waals surface area contributed by atoms with E-state index in [1.807, 2.05) is 0 Å². The van der Waals surface area contributed by atoms with E-state index in [0.29, 0.717) is 0 Å². The third-order valence-corrected chi connectivity index (χ3v) is 2.46. The van der Waals surface area contributed by atoms with Crippen LogP contribution in [0.4, 0.5) is 0 Å². The van der Waals surface area contributed by atoms with Gasteiger partial charge in [-0.2, -0.15) is 0 Å². The van der Waals surface area contributed by atoms with Crippen LogP contribution in [0, 0.1) is 10.6 Å². The summed E-state index contributed by atoms with van der Waals surface area (Å²) in [5.41, 5.74) is 1.55. The quantitative estimate of drug-likeness (QED) is 0.634. The van der Waals surface area contributed by atoms with Crippen molar-refractivity contribution in [2.75, 3.05) is 0 Å². The van der Waals surface area contributed by atoms with Gasteiger partial charge in [-0.15, -0.1) is 0 Å². The zero-order valence-electron chi connectivity index (χ0n) is 7.48. The first kappa shape index (κ1) is 9.10. The highest BCUT2D eigenvalue weighted by Gasteiger charge is 2.14. The van der Waals surface area contributed by atoms with Crippen LogP contribution in [0.15, 0.2) is 12.3 Å². The van der Waals surface area contributed by atoms with Gasteiger partial charge in [-0.25, -0.2) is 0 Å². The molecule has 0 amide bonds. The van der Waals surface area contributed by atoms with Crippen LogP contribution in [-0.4, -0.2) is 4.57 Å². The first-order chi connectivity index (χ1) is 4.91. The van der Waals surface area contributed by atoms with Crippen LogP contribution in [0.1, 0.15) is 26.3 Å². The Morgan fingerprint density at radius 1 is 1.36 bits per heavy atom. The average Bonchev–Trinajstić information content (AvgIpc) is 2.08. The Morgan fingerprint density at radius 2 is 1.91 bits per heavy atom. The van der Waals surface area contributed by atoms with Crippen molar-refractivity contribution in [3.05, 3.63) is 21.5 Å². The minimum absolute atomic E-state index is 0.213. The van der Waals surface area contributed by atoms with Crippen molar-refractivity contribution in [1.29, 1.82) is 0 Å². The Balaban J connectivity index is 3.13. The Labute approximate surface area is 81.9 Å². The van der Waals surface area contributed by atoms with Gasteiger partial charge >= 0.3 is 0 Å². The van der Waals surface area contributed by atoms with E-state index in [-0.39, 0.29) is 5.54 Å². The summed E-state index contributed by atoms with van der Waals surface area (Å²) in [7, 11) is 0. The first-order valence-electron chi connectivity index (χ1n) is 3.76. The summed E-state index contributed by atoms with van der Waals surface area (Å²) < 4.78 is 3.61. The van der Waals surface area contributed by atoms with Crippen molar-refractivity contribution in [3.63, 3.8) is 0 Å². The SMILES string of the molecule is Cc1cc(I)n(C(C)(C)C)c1. The molecule has 0 radical (unpaired) electrons. The van der Waals surface area contributed by atoms with Crippen molar-refractivity contribution < 1.29 is 0 Å². The van der Waals surface area contributed by atoms with E-state index in [1.165, 1.54) is 9.26 Å². The smallest absolute Gasteiger partial charge is 0.0805 e. The maximum Gasteiger partial charge on any atom is 0.0805 e. The lowest BCUT2D eigenvalue weighted by molar-refractivity contribution is 0.390. The lowest BCUT2D eigenvalue weighted by Crippen LogP contribution is -2.21. The molecule has 1 nitrogen and oxygen atoms in total. The molecule has 0 fully saturated rings. The molecule has 1 aromatic rings. The van der Waals surface area contributed by atoms with Crippen LogP contribution < -0.4 is 0 Å². The van der Waals surface area contributed by atoms with Gasteiger partial charge in [-0.1, -0.05) is 0 Å². The van der Waals surface area contributed by atoms with Crippen LogP contribution in [0.5, 0.6) is 0 Å². The van der Waals surface area contributed by atoms with E-state index >= 15 is 0 Å². The van der Waals surface area contributed by atoms with E-state index in [2.05, 4.69) is 67.1 Å². The first-order valence-corrected chi connectivity index (χ1v) is 4.84. The van der Waals surface area contributed by atoms with Gasteiger partial charge in [0.25, 0.3) is 0 Å². The van der Waals surface area contributed by atoms with E-state index in [1.54, 1.807) is 0 Å². The van der Waals surface area contributed by atoms with Gasteiger partial charge in [0.2, 0.25) is 0 Å². The third kappa shape index (κ3) is 1.98. The Bertz CT molecular complexity index is 255. The summed E-state index contributed by atoms with van der Waals surface area (Å²) >= 11 is 2.37. The summed E-state index contributed by atoms with van der Waals surface area (Å²) in [6.45, 7) is 8.78. The molecule has 0 saturated heterocycles. The molecule has 0 saturated carbocycles. The zero-order valence-corrected chi connectivity index (χ0v) is 9.64. The summed E-state index contributed by atoms with van der Waals surface area (Å²) in [5.74, 6) is 0. The predicted octanol–water partition coefficient (Wildman–Crippen LogP) is 3.16. The number of rotatable bonds is 0. The van der Waals surface area contributed by atoms with Gasteiger partial charge < -0.3 is 4.57 Å². The van der Waals surface area contributed by atoms with Crippen LogP contribution in [0.2, 0.25) is 0 Å². The summed E-state index contributed by atoms with van der Waals surface area (Å²) in [6, 6.07) is 2.20. The molecule has 1 heterocycles. The summed E-state index contributed by atoms with van der Waals surface area (Å²) in [5, 5.41) is 0. The molecule has 0 unspecified atom stereocenters. The Kier molecular flexibility index (Phi) is 2.32. The van der Waals surface area contributed by atoms with Gasteiger partial charge in [-0.05, 0) is 61.9 Å². The number of hydrogen-bond donors (Lipinski definition) is 0. The average molecular weight is 263 g/mol. The van der Waals surface area contributed by atoms with E-state index in [0.717, 1.165) is 0 Å². The number of halogens is 1. The van der Waals surface area contributed by atoms with E-state index < -0.39 is 0 Å². The van der Waals surface area contributed by atoms with Gasteiger partial charge in [0, 0.05) is 11.7 Å². The fraction of sp³-hybridized carbons (Fsp3) is 0.556. The van der Waals surface area contributed by atoms with E-state index in [9.17, 15) is 0 Å². The largest absolute Gasteiger partial charge is 0.338 e. The molecule has 1 rings (SSSR count). The van der Waals surface area contributed by atoms with Gasteiger partial charge in [0.15, 0.2) is 0 Å². The van der Waals surface area contributed by atoms with Crippen molar-refractivity contribution in [2.45, 2.75) is 33.2 Å². The highest BCUT2D eigenvalue weighted by molar-refractivity contribution is 14.1. The lowest BCUT2D eigenvalue weighted by atomic mass is 10.1. The highest BCUT2D eigenvalue weighted by Crippen LogP contribution is 2.20. The number of aromatic nitrogens is 1. The molecule has 0 aliphatic heterocycles. The number of nitrogens with zero attached hydrogens (tertiary/aromatic N) is 1. The van der Waals surface area contributed by atoms with Gasteiger partial charge in [0.05, 0.1) is 3.70 Å². The van der Waals surface area contributed by atoms with E-state index in [4.69, 9.17) is 0 Å². The van der Waals surface area contributed by atoms with Gasteiger partial charge in [0.1, 0.15) is 0 Å². The predicted molar refractivity (Wildman–Crippen MR) is 56.9 cm³/mol. The third-order valence-electron chi connectivity index (χ3n) is 1.63. The topological polar surface area (TPSA) is 4.93 Å². The maximum absolute atomic E-state index is 2.37. The van der Waals surface area contributed by atoms with Crippen molar-refractivity contribution in [1.82, 2.24) is 4.57 Å². The standard InChI is InChI=1S/C9H14IN/c1-7-5-8(10)11(6-7)9(2,3)4/h5-6H,1-4H3. The molecule has 0 bridgehead atoms. The minimum atomic E-state index is 0.213. The van der Waals surface area contributed by atoms with Crippen molar-refractivity contribution in [2.24, 2.45) is 0 Å². The molecule has 1 aromatic heterocycles. The summed E-state index contributed by atoms with van der Waals surface area (Å²) in [4.78, 5) is 0. The van der Waals surface area contributed by atoms with Crippen LogP contribution in [0.3, 0.4) is 0 Å². The molecule has 62 valence electrons. The monoisotopic (exact) mass is 263 g/mol. The van der Waals surface area contributed by atoms with Gasteiger partial charge in [-0.3, -0.25) is 0 Å². The van der Waals surface area contributed by atoms with Crippen LogP contribution in [0.25, 0.3) is 0 Å². The second-order valence-corrected chi connectivity index (χ2v) is 4.99. The Morgan fingerprint density at radius 3 is 2.09 bits per heavy atom. The summed E-state index contributed by atoms with van der Waals surface area (Å²) in [6.07, 6.45) is 2.20. The molecule has 11 heavy (non-hydrogen) atoms. The molecular weight excluding hydrogens is 249 g/mol. The zero-order chi connectivity index (χ0) is 8.65. The number of aryl methyl sites for hydroxylation is 1. The molecule has 0 aromatic carbocycles. The molecule has 0 spiro atoms. The molecule has 0 atom stereocenters.